The summed E-state index contributed by atoms with van der Waals surface area (Å²) in [7, 11) is 0. The fraction of sp³-hybridized carbons (Fsp3) is 0.111. The second kappa shape index (κ2) is 3.13. The molecule has 3 heteroatoms. The Kier molecular flexibility index (Phi) is 2.27. The van der Waals surface area contributed by atoms with Crippen molar-refractivity contribution in [2.24, 2.45) is 0 Å². The smallest absolute Gasteiger partial charge is 0.0853 e. The van der Waals surface area contributed by atoms with E-state index < -0.39 is 0 Å². The molecule has 1 heterocycles. The summed E-state index contributed by atoms with van der Waals surface area (Å²) in [6.45, 7) is 2.11. The Bertz CT molecular complexity index is 431. The van der Waals surface area contributed by atoms with Crippen molar-refractivity contribution in [1.29, 1.82) is 0 Å². The molecule has 2 rings (SSSR count). The zero-order chi connectivity index (χ0) is 8.72. The fourth-order valence-electron chi connectivity index (χ4n) is 1.15. The van der Waals surface area contributed by atoms with Crippen LogP contribution in [0.5, 0.6) is 0 Å². The van der Waals surface area contributed by atoms with Gasteiger partial charge in [0, 0.05) is 10.1 Å². The highest BCUT2D eigenvalue weighted by Gasteiger charge is 2.06. The topological polar surface area (TPSA) is 0 Å². The Hall–Kier alpha value is 0.140. The second-order valence-corrected chi connectivity index (χ2v) is 5.85. The first-order chi connectivity index (χ1) is 5.68. The lowest BCUT2D eigenvalue weighted by Crippen LogP contribution is -1.69. The molecule has 0 unspecified atom stereocenters. The summed E-state index contributed by atoms with van der Waals surface area (Å²) in [5.74, 6) is 0. The summed E-state index contributed by atoms with van der Waals surface area (Å²) in [6.07, 6.45) is 0. The molecule has 0 fully saturated rings. The molecular weight excluding hydrogens is 300 g/mol. The van der Waals surface area contributed by atoms with Crippen LogP contribution in [0.15, 0.2) is 26.5 Å². The molecule has 0 aliphatic carbocycles. The van der Waals surface area contributed by atoms with Gasteiger partial charge in [0.1, 0.15) is 0 Å². The Morgan fingerprint density at radius 2 is 2.00 bits per heavy atom. The highest BCUT2D eigenvalue weighted by atomic mass is 79.9. The lowest BCUT2D eigenvalue weighted by Gasteiger charge is -1.92. The molecule has 12 heavy (non-hydrogen) atoms. The molecule has 0 bridgehead atoms. The average molecular weight is 306 g/mol. The van der Waals surface area contributed by atoms with E-state index in [0.29, 0.717) is 0 Å². The molecule has 62 valence electrons. The average Bonchev–Trinajstić information content (AvgIpc) is 2.31. The Morgan fingerprint density at radius 1 is 1.25 bits per heavy atom. The van der Waals surface area contributed by atoms with Crippen LogP contribution in [0.25, 0.3) is 10.1 Å². The van der Waals surface area contributed by atoms with Gasteiger partial charge in [0.15, 0.2) is 0 Å². The van der Waals surface area contributed by atoms with Crippen molar-refractivity contribution in [2.45, 2.75) is 6.92 Å². The van der Waals surface area contributed by atoms with Crippen LogP contribution in [0, 0.1) is 6.92 Å². The minimum absolute atomic E-state index is 1.17. The molecule has 0 N–H and O–H groups in total. The number of halogens is 2. The fourth-order valence-corrected chi connectivity index (χ4v) is 3.39. The molecule has 2 aromatic rings. The van der Waals surface area contributed by atoms with Gasteiger partial charge in [0.2, 0.25) is 0 Å². The molecule has 0 saturated heterocycles. The van der Waals surface area contributed by atoms with Gasteiger partial charge in [-0.1, -0.05) is 11.6 Å². The first kappa shape index (κ1) is 8.73. The molecule has 0 amide bonds. The van der Waals surface area contributed by atoms with E-state index in [1.54, 1.807) is 11.3 Å². The molecule has 0 radical (unpaired) electrons. The largest absolute Gasteiger partial charge is 0.127 e. The van der Waals surface area contributed by atoms with Crippen LogP contribution in [0.2, 0.25) is 0 Å². The maximum absolute atomic E-state index is 3.55. The molecule has 1 aromatic carbocycles. The van der Waals surface area contributed by atoms with Gasteiger partial charge in [0.25, 0.3) is 0 Å². The van der Waals surface area contributed by atoms with Crippen LogP contribution in [0.4, 0.5) is 0 Å². The molecule has 1 aromatic heterocycles. The maximum Gasteiger partial charge on any atom is 0.0853 e. The summed E-state index contributed by atoms with van der Waals surface area (Å²) < 4.78 is 3.66. The predicted octanol–water partition coefficient (Wildman–Crippen LogP) is 4.73. The summed E-state index contributed by atoms with van der Waals surface area (Å²) in [4.78, 5) is 0. The monoisotopic (exact) mass is 304 g/mol. The van der Waals surface area contributed by atoms with E-state index in [4.69, 9.17) is 0 Å². The van der Waals surface area contributed by atoms with Crippen LogP contribution in [-0.2, 0) is 0 Å². The third-order valence-electron chi connectivity index (χ3n) is 1.74. The van der Waals surface area contributed by atoms with Crippen molar-refractivity contribution in [3.63, 3.8) is 0 Å². The van der Waals surface area contributed by atoms with Gasteiger partial charge in [-0.3, -0.25) is 0 Å². The summed E-state index contributed by atoms with van der Waals surface area (Å²) in [5.41, 5.74) is 1.30. The van der Waals surface area contributed by atoms with Crippen LogP contribution in [0.3, 0.4) is 0 Å². The third-order valence-corrected chi connectivity index (χ3v) is 5.20. The van der Waals surface area contributed by atoms with Gasteiger partial charge in [-0.2, -0.15) is 0 Å². The van der Waals surface area contributed by atoms with Gasteiger partial charge in [-0.15, -0.1) is 11.3 Å². The number of thiophene rings is 1. The Morgan fingerprint density at radius 3 is 2.75 bits per heavy atom. The highest BCUT2D eigenvalue weighted by molar-refractivity contribution is 9.13. The number of fused-ring (bicyclic) bond motifs is 1. The van der Waals surface area contributed by atoms with Crippen LogP contribution < -0.4 is 0 Å². The van der Waals surface area contributed by atoms with Gasteiger partial charge in [-0.25, -0.2) is 0 Å². The summed E-state index contributed by atoms with van der Waals surface area (Å²) in [5, 5.41) is 1.30. The minimum atomic E-state index is 1.17. The van der Waals surface area contributed by atoms with Gasteiger partial charge < -0.3 is 0 Å². The number of benzene rings is 1. The molecule has 0 aliphatic rings. The van der Waals surface area contributed by atoms with Crippen LogP contribution in [-0.4, -0.2) is 0 Å². The number of aryl methyl sites for hydroxylation is 1. The summed E-state index contributed by atoms with van der Waals surface area (Å²) in [6, 6.07) is 6.49. The van der Waals surface area contributed by atoms with Crippen molar-refractivity contribution in [2.75, 3.05) is 0 Å². The minimum Gasteiger partial charge on any atom is -0.127 e. The van der Waals surface area contributed by atoms with E-state index >= 15 is 0 Å². The van der Waals surface area contributed by atoms with Gasteiger partial charge in [0.05, 0.1) is 8.26 Å². The third kappa shape index (κ3) is 1.34. The molecule has 0 aliphatic heterocycles. The maximum atomic E-state index is 3.55. The number of rotatable bonds is 0. The quantitative estimate of drug-likeness (QED) is 0.660. The van der Waals surface area contributed by atoms with Gasteiger partial charge >= 0.3 is 0 Å². The molecular formula is C9H6Br2S. The van der Waals surface area contributed by atoms with E-state index in [1.165, 1.54) is 23.9 Å². The van der Waals surface area contributed by atoms with Crippen molar-refractivity contribution in [3.8, 4) is 0 Å². The standard InChI is InChI=1S/C9H6Br2S/c1-5-2-3-7-6(4-5)8(10)9(11)12-7/h2-4H,1H3. The van der Waals surface area contributed by atoms with Crippen LogP contribution in [0.1, 0.15) is 5.56 Å². The van der Waals surface area contributed by atoms with Crippen molar-refractivity contribution in [3.05, 3.63) is 32.0 Å². The normalized spacial score (nSPS) is 10.9. The molecule has 0 atom stereocenters. The van der Waals surface area contributed by atoms with Crippen LogP contribution >= 0.6 is 43.2 Å². The predicted molar refractivity (Wildman–Crippen MR) is 62.0 cm³/mol. The zero-order valence-electron chi connectivity index (χ0n) is 6.40. The number of hydrogen-bond donors (Lipinski definition) is 0. The van der Waals surface area contributed by atoms with Crippen molar-refractivity contribution >= 4 is 53.3 Å². The lowest BCUT2D eigenvalue weighted by molar-refractivity contribution is 1.51. The first-order valence-electron chi connectivity index (χ1n) is 3.52. The van der Waals surface area contributed by atoms with E-state index in [0.717, 1.165) is 0 Å². The SMILES string of the molecule is Cc1ccc2sc(Br)c(Br)c2c1. The van der Waals surface area contributed by atoms with Gasteiger partial charge in [-0.05, 0) is 50.9 Å². The van der Waals surface area contributed by atoms with E-state index in [9.17, 15) is 0 Å². The number of hydrogen-bond acceptors (Lipinski definition) is 1. The lowest BCUT2D eigenvalue weighted by atomic mass is 10.2. The molecule has 0 spiro atoms. The Labute approximate surface area is 91.9 Å². The van der Waals surface area contributed by atoms with E-state index in [-0.39, 0.29) is 0 Å². The molecule has 0 saturated carbocycles. The Balaban J connectivity index is 2.88. The van der Waals surface area contributed by atoms with Crippen molar-refractivity contribution in [1.82, 2.24) is 0 Å². The van der Waals surface area contributed by atoms with E-state index in [1.807, 2.05) is 0 Å². The summed E-state index contributed by atoms with van der Waals surface area (Å²) >= 11 is 8.81. The highest BCUT2D eigenvalue weighted by Crippen LogP contribution is 2.39. The zero-order valence-corrected chi connectivity index (χ0v) is 10.4. The van der Waals surface area contributed by atoms with Crippen molar-refractivity contribution < 1.29 is 0 Å². The second-order valence-electron chi connectivity index (χ2n) is 2.69. The van der Waals surface area contributed by atoms with E-state index in [2.05, 4.69) is 57.0 Å². The molecule has 0 nitrogen and oxygen atoms in total. The first-order valence-corrected chi connectivity index (χ1v) is 5.93.